The molecule has 2 heterocycles. The van der Waals surface area contributed by atoms with E-state index in [0.717, 1.165) is 39.4 Å². The number of hydrogen-bond donors (Lipinski definition) is 2. The van der Waals surface area contributed by atoms with Gasteiger partial charge in [0.25, 0.3) is 0 Å². The minimum Gasteiger partial charge on any atom is -0.379 e. The van der Waals surface area contributed by atoms with Gasteiger partial charge in [0.05, 0.1) is 13.2 Å². The summed E-state index contributed by atoms with van der Waals surface area (Å²) in [4.78, 5) is 15.2. The zero-order chi connectivity index (χ0) is 13.5. The van der Waals surface area contributed by atoms with Crippen LogP contribution in [0.25, 0.3) is 0 Å². The SMILES string of the molecule is CNc1nc(NCCN2CCOCC2)nc(SC)n1. The van der Waals surface area contributed by atoms with Gasteiger partial charge in [-0.05, 0) is 6.26 Å². The first-order valence-corrected chi connectivity index (χ1v) is 7.56. The number of hydrogen-bond acceptors (Lipinski definition) is 8. The highest BCUT2D eigenvalue weighted by molar-refractivity contribution is 7.98. The van der Waals surface area contributed by atoms with Crippen LogP contribution in [0.5, 0.6) is 0 Å². The lowest BCUT2D eigenvalue weighted by Crippen LogP contribution is -2.39. The van der Waals surface area contributed by atoms with Crippen molar-refractivity contribution in [3.63, 3.8) is 0 Å². The fraction of sp³-hybridized carbons (Fsp3) is 0.727. The number of nitrogens with one attached hydrogen (secondary N) is 2. The van der Waals surface area contributed by atoms with Gasteiger partial charge >= 0.3 is 0 Å². The summed E-state index contributed by atoms with van der Waals surface area (Å²) in [6.07, 6.45) is 1.95. The van der Waals surface area contributed by atoms with Gasteiger partial charge in [0.2, 0.25) is 11.9 Å². The van der Waals surface area contributed by atoms with Crippen molar-refractivity contribution < 1.29 is 4.74 Å². The number of nitrogens with zero attached hydrogens (tertiary/aromatic N) is 4. The summed E-state index contributed by atoms with van der Waals surface area (Å²) >= 11 is 1.50. The molecule has 1 saturated heterocycles. The van der Waals surface area contributed by atoms with Gasteiger partial charge in [-0.25, -0.2) is 0 Å². The first kappa shape index (κ1) is 14.3. The Kier molecular flexibility index (Phi) is 5.62. The minimum atomic E-state index is 0.591. The second-order valence-corrected chi connectivity index (χ2v) is 4.87. The molecule has 1 aliphatic heterocycles. The molecule has 0 spiro atoms. The Morgan fingerprint density at radius 3 is 2.63 bits per heavy atom. The fourth-order valence-electron chi connectivity index (χ4n) is 1.79. The summed E-state index contributed by atoms with van der Waals surface area (Å²) in [6.45, 7) is 5.44. The summed E-state index contributed by atoms with van der Waals surface area (Å²) in [5.74, 6) is 1.21. The van der Waals surface area contributed by atoms with Gasteiger partial charge in [-0.1, -0.05) is 11.8 Å². The normalized spacial score (nSPS) is 16.3. The second-order valence-electron chi connectivity index (χ2n) is 4.10. The summed E-state index contributed by atoms with van der Waals surface area (Å²) in [5, 5.41) is 6.90. The summed E-state index contributed by atoms with van der Waals surface area (Å²) in [5.41, 5.74) is 0. The molecule has 7 nitrogen and oxygen atoms in total. The van der Waals surface area contributed by atoms with E-state index < -0.39 is 0 Å². The number of aromatic nitrogens is 3. The van der Waals surface area contributed by atoms with Gasteiger partial charge in [-0.2, -0.15) is 15.0 Å². The van der Waals surface area contributed by atoms with E-state index in [2.05, 4.69) is 30.5 Å². The molecule has 0 atom stereocenters. The van der Waals surface area contributed by atoms with Crippen molar-refractivity contribution in [3.8, 4) is 0 Å². The van der Waals surface area contributed by atoms with Crippen LogP contribution in [-0.2, 0) is 4.74 Å². The van der Waals surface area contributed by atoms with Crippen LogP contribution in [0, 0.1) is 0 Å². The molecule has 2 N–H and O–H groups in total. The zero-order valence-corrected chi connectivity index (χ0v) is 12.2. The lowest BCUT2D eigenvalue weighted by molar-refractivity contribution is 0.0398. The second kappa shape index (κ2) is 7.46. The molecule has 106 valence electrons. The summed E-state index contributed by atoms with van der Waals surface area (Å²) in [7, 11) is 1.80. The van der Waals surface area contributed by atoms with E-state index in [1.165, 1.54) is 11.8 Å². The lowest BCUT2D eigenvalue weighted by Gasteiger charge is -2.26. The molecular weight excluding hydrogens is 264 g/mol. The van der Waals surface area contributed by atoms with Crippen molar-refractivity contribution in [3.05, 3.63) is 0 Å². The van der Waals surface area contributed by atoms with Crippen LogP contribution in [0.4, 0.5) is 11.9 Å². The predicted molar refractivity (Wildman–Crippen MR) is 76.9 cm³/mol. The van der Waals surface area contributed by atoms with Crippen LogP contribution in [0.1, 0.15) is 0 Å². The van der Waals surface area contributed by atoms with Crippen LogP contribution in [0.2, 0.25) is 0 Å². The molecule has 0 amide bonds. The first-order chi connectivity index (χ1) is 9.31. The quantitative estimate of drug-likeness (QED) is 0.726. The number of rotatable bonds is 6. The molecule has 1 aromatic rings. The van der Waals surface area contributed by atoms with Crippen molar-refractivity contribution in [1.29, 1.82) is 0 Å². The van der Waals surface area contributed by atoms with Crippen LogP contribution in [0.15, 0.2) is 5.16 Å². The molecule has 0 bridgehead atoms. The highest BCUT2D eigenvalue weighted by Crippen LogP contribution is 2.12. The Hall–Kier alpha value is -1.12. The minimum absolute atomic E-state index is 0.591. The molecule has 1 aromatic heterocycles. The van der Waals surface area contributed by atoms with Gasteiger partial charge < -0.3 is 15.4 Å². The Morgan fingerprint density at radius 1 is 1.21 bits per heavy atom. The van der Waals surface area contributed by atoms with Crippen molar-refractivity contribution in [2.45, 2.75) is 5.16 Å². The topological polar surface area (TPSA) is 75.2 Å². The third-order valence-electron chi connectivity index (χ3n) is 2.84. The molecule has 0 aromatic carbocycles. The van der Waals surface area contributed by atoms with Gasteiger partial charge in [-0.3, -0.25) is 4.90 Å². The molecular formula is C11H20N6OS. The monoisotopic (exact) mass is 284 g/mol. The van der Waals surface area contributed by atoms with Crippen molar-refractivity contribution in [1.82, 2.24) is 19.9 Å². The standard InChI is InChI=1S/C11H20N6OS/c1-12-9-14-10(16-11(15-9)19-2)13-3-4-17-5-7-18-8-6-17/h3-8H2,1-2H3,(H2,12,13,14,15,16). The largest absolute Gasteiger partial charge is 0.379 e. The Balaban J connectivity index is 1.84. The average Bonchev–Trinajstić information content (AvgIpc) is 2.48. The average molecular weight is 284 g/mol. The van der Waals surface area contributed by atoms with E-state index >= 15 is 0 Å². The van der Waals surface area contributed by atoms with E-state index in [4.69, 9.17) is 4.74 Å². The Labute approximate surface area is 117 Å². The molecule has 1 aliphatic rings. The zero-order valence-electron chi connectivity index (χ0n) is 11.3. The maximum absolute atomic E-state index is 5.32. The molecule has 19 heavy (non-hydrogen) atoms. The van der Waals surface area contributed by atoms with Crippen LogP contribution >= 0.6 is 11.8 Å². The van der Waals surface area contributed by atoms with Gasteiger partial charge in [0, 0.05) is 33.2 Å². The molecule has 0 radical (unpaired) electrons. The molecule has 1 fully saturated rings. The molecule has 2 rings (SSSR count). The number of thioether (sulfide) groups is 1. The van der Waals surface area contributed by atoms with Crippen molar-refractivity contribution >= 4 is 23.7 Å². The van der Waals surface area contributed by atoms with Gasteiger partial charge in [-0.15, -0.1) is 0 Å². The van der Waals surface area contributed by atoms with Crippen LogP contribution in [0.3, 0.4) is 0 Å². The summed E-state index contributed by atoms with van der Waals surface area (Å²) in [6, 6.07) is 0. The van der Waals surface area contributed by atoms with E-state index in [9.17, 15) is 0 Å². The maximum Gasteiger partial charge on any atom is 0.228 e. The predicted octanol–water partition coefficient (Wildman–Crippen LogP) is 0.379. The van der Waals surface area contributed by atoms with E-state index in [1.807, 2.05) is 6.26 Å². The third-order valence-corrected chi connectivity index (χ3v) is 3.38. The highest BCUT2D eigenvalue weighted by Gasteiger charge is 2.10. The molecule has 0 saturated carbocycles. The fourth-order valence-corrected chi connectivity index (χ4v) is 2.14. The molecule has 0 unspecified atom stereocenters. The van der Waals surface area contributed by atoms with E-state index in [-0.39, 0.29) is 0 Å². The first-order valence-electron chi connectivity index (χ1n) is 6.33. The summed E-state index contributed by atoms with van der Waals surface area (Å²) < 4.78 is 5.32. The molecule has 8 heteroatoms. The lowest BCUT2D eigenvalue weighted by atomic mass is 10.4. The van der Waals surface area contributed by atoms with Crippen LogP contribution < -0.4 is 10.6 Å². The highest BCUT2D eigenvalue weighted by atomic mass is 32.2. The van der Waals surface area contributed by atoms with Gasteiger partial charge in [0.15, 0.2) is 5.16 Å². The maximum atomic E-state index is 5.32. The van der Waals surface area contributed by atoms with Crippen LogP contribution in [-0.4, -0.2) is 72.5 Å². The van der Waals surface area contributed by atoms with E-state index in [1.54, 1.807) is 7.05 Å². The Morgan fingerprint density at radius 2 is 1.95 bits per heavy atom. The van der Waals surface area contributed by atoms with Gasteiger partial charge in [0.1, 0.15) is 0 Å². The van der Waals surface area contributed by atoms with Crippen molar-refractivity contribution in [2.75, 3.05) is 63.3 Å². The number of ether oxygens (including phenoxy) is 1. The van der Waals surface area contributed by atoms with Crippen molar-refractivity contribution in [2.24, 2.45) is 0 Å². The smallest absolute Gasteiger partial charge is 0.228 e. The number of anilines is 2. The number of morpholine rings is 1. The molecule has 0 aliphatic carbocycles. The Bertz CT molecular complexity index is 377. The third kappa shape index (κ3) is 4.48. The van der Waals surface area contributed by atoms with E-state index in [0.29, 0.717) is 17.1 Å².